The lowest BCUT2D eigenvalue weighted by Gasteiger charge is -2.34. The summed E-state index contributed by atoms with van der Waals surface area (Å²) in [7, 11) is 0. The van der Waals surface area contributed by atoms with E-state index in [1.54, 1.807) is 4.90 Å². The van der Waals surface area contributed by atoms with E-state index in [1.807, 2.05) is 0 Å². The third kappa shape index (κ3) is 4.94. The van der Waals surface area contributed by atoms with Gasteiger partial charge in [-0.25, -0.2) is 8.78 Å². The molecule has 0 radical (unpaired) electrons. The Hall–Kier alpha value is -0.630. The first-order chi connectivity index (χ1) is 9.43. The molecule has 1 heterocycles. The van der Waals surface area contributed by atoms with Gasteiger partial charge in [-0.2, -0.15) is 13.2 Å². The molecule has 1 atom stereocenters. The first-order valence-corrected chi connectivity index (χ1v) is 6.31. The number of rotatable bonds is 3. The van der Waals surface area contributed by atoms with Gasteiger partial charge in [0.1, 0.15) is 12.5 Å². The Morgan fingerprint density at radius 3 is 2.23 bits per heavy atom. The summed E-state index contributed by atoms with van der Waals surface area (Å²) in [6.07, 6.45) is -4.62. The lowest BCUT2D eigenvalue weighted by atomic mass is 9.98. The average molecular weight is 367 g/mol. The molecule has 1 saturated heterocycles. The van der Waals surface area contributed by atoms with Crippen LogP contribution in [0.3, 0.4) is 0 Å². The Labute approximate surface area is 137 Å². The van der Waals surface area contributed by atoms with E-state index in [1.165, 1.54) is 0 Å². The minimum atomic E-state index is -4.62. The second-order valence-electron chi connectivity index (χ2n) is 4.69. The first kappa shape index (κ1) is 21.4. The van der Waals surface area contributed by atoms with Gasteiger partial charge in [0.25, 0.3) is 0 Å². The molecule has 1 N–H and O–H groups in total. The maximum atomic E-state index is 13.3. The van der Waals surface area contributed by atoms with E-state index in [9.17, 15) is 22.0 Å². The number of nitrogens with zero attached hydrogens (tertiary/aromatic N) is 1. The summed E-state index contributed by atoms with van der Waals surface area (Å²) in [4.78, 5) is 1.61. The van der Waals surface area contributed by atoms with Gasteiger partial charge in [-0.3, -0.25) is 4.90 Å². The van der Waals surface area contributed by atoms with Crippen molar-refractivity contribution in [3.8, 4) is 0 Å². The van der Waals surface area contributed by atoms with Crippen LogP contribution in [0, 0.1) is 5.82 Å². The number of hydrogen-bond donors (Lipinski definition) is 1. The van der Waals surface area contributed by atoms with Crippen molar-refractivity contribution in [2.75, 3.05) is 32.9 Å². The molecule has 0 saturated carbocycles. The SMILES string of the molecule is Cl.Cl.FC[C@H](c1cc(F)ccc1C(F)(F)F)N1CCNCC1. The van der Waals surface area contributed by atoms with E-state index >= 15 is 0 Å². The van der Waals surface area contributed by atoms with Crippen LogP contribution in [0.4, 0.5) is 22.0 Å². The average Bonchev–Trinajstić information content (AvgIpc) is 2.39. The molecular weight excluding hydrogens is 350 g/mol. The molecule has 9 heteroatoms. The van der Waals surface area contributed by atoms with E-state index in [2.05, 4.69) is 5.32 Å². The second kappa shape index (κ2) is 8.86. The van der Waals surface area contributed by atoms with Gasteiger partial charge in [-0.05, 0) is 23.8 Å². The zero-order chi connectivity index (χ0) is 14.8. The van der Waals surface area contributed by atoms with Gasteiger partial charge in [0.2, 0.25) is 0 Å². The van der Waals surface area contributed by atoms with Crippen molar-refractivity contribution in [2.45, 2.75) is 12.2 Å². The zero-order valence-electron chi connectivity index (χ0n) is 11.5. The highest BCUT2D eigenvalue weighted by molar-refractivity contribution is 5.85. The van der Waals surface area contributed by atoms with Crippen molar-refractivity contribution in [1.82, 2.24) is 10.2 Å². The summed E-state index contributed by atoms with van der Waals surface area (Å²) < 4.78 is 65.5. The maximum absolute atomic E-state index is 13.3. The largest absolute Gasteiger partial charge is 0.416 e. The first-order valence-electron chi connectivity index (χ1n) is 6.31. The lowest BCUT2D eigenvalue weighted by Crippen LogP contribution is -2.46. The van der Waals surface area contributed by atoms with Crippen LogP contribution in [0.15, 0.2) is 18.2 Å². The van der Waals surface area contributed by atoms with Gasteiger partial charge in [0, 0.05) is 26.2 Å². The summed E-state index contributed by atoms with van der Waals surface area (Å²) in [6.45, 7) is 1.04. The summed E-state index contributed by atoms with van der Waals surface area (Å²) in [6, 6.07) is 1.15. The molecule has 22 heavy (non-hydrogen) atoms. The molecule has 0 unspecified atom stereocenters. The van der Waals surface area contributed by atoms with Gasteiger partial charge in [-0.15, -0.1) is 24.8 Å². The molecule has 0 bridgehead atoms. The van der Waals surface area contributed by atoms with Crippen molar-refractivity contribution in [3.05, 3.63) is 35.1 Å². The molecule has 0 amide bonds. The highest BCUT2D eigenvalue weighted by Crippen LogP contribution is 2.37. The maximum Gasteiger partial charge on any atom is 0.416 e. The van der Waals surface area contributed by atoms with Crippen molar-refractivity contribution in [2.24, 2.45) is 0 Å². The molecule has 128 valence electrons. The van der Waals surface area contributed by atoms with Gasteiger partial charge in [0.05, 0.1) is 11.6 Å². The molecule has 2 rings (SSSR count). The van der Waals surface area contributed by atoms with Crippen LogP contribution in [-0.2, 0) is 6.18 Å². The molecule has 1 fully saturated rings. The minimum absolute atomic E-state index is 0. The van der Waals surface area contributed by atoms with E-state index < -0.39 is 30.3 Å². The Kier molecular flexibility index (Phi) is 8.61. The molecule has 0 aliphatic carbocycles. The fraction of sp³-hybridized carbons (Fsp3) is 0.538. The van der Waals surface area contributed by atoms with Gasteiger partial charge < -0.3 is 5.32 Å². The normalized spacial score (nSPS) is 17.3. The van der Waals surface area contributed by atoms with Gasteiger partial charge >= 0.3 is 6.18 Å². The number of nitrogens with one attached hydrogen (secondary N) is 1. The second-order valence-corrected chi connectivity index (χ2v) is 4.69. The number of piperazine rings is 1. The van der Waals surface area contributed by atoms with E-state index in [4.69, 9.17) is 0 Å². The fourth-order valence-corrected chi connectivity index (χ4v) is 2.44. The Bertz CT molecular complexity index is 464. The summed E-state index contributed by atoms with van der Waals surface area (Å²) in [5, 5.41) is 3.04. The smallest absolute Gasteiger partial charge is 0.314 e. The summed E-state index contributed by atoms with van der Waals surface area (Å²) in [5.41, 5.74) is -1.30. The van der Waals surface area contributed by atoms with Crippen LogP contribution in [-0.4, -0.2) is 37.8 Å². The van der Waals surface area contributed by atoms with Crippen LogP contribution in [0.1, 0.15) is 17.2 Å². The van der Waals surface area contributed by atoms with Crippen LogP contribution in [0.25, 0.3) is 0 Å². The van der Waals surface area contributed by atoms with Crippen LogP contribution in [0.5, 0.6) is 0 Å². The molecule has 0 spiro atoms. The van der Waals surface area contributed by atoms with Gasteiger partial charge in [0.15, 0.2) is 0 Å². The molecule has 0 aromatic heterocycles. The Morgan fingerprint density at radius 1 is 1.14 bits per heavy atom. The predicted molar refractivity (Wildman–Crippen MR) is 79.1 cm³/mol. The Balaban J connectivity index is 0.00000220. The lowest BCUT2D eigenvalue weighted by molar-refractivity contribution is -0.138. The summed E-state index contributed by atoms with van der Waals surface area (Å²) >= 11 is 0. The molecular formula is C13H17Cl2F5N2. The predicted octanol–water partition coefficient (Wildman–Crippen LogP) is 3.60. The molecule has 1 aromatic rings. The molecule has 1 aliphatic heterocycles. The van der Waals surface area contributed by atoms with Gasteiger partial charge in [-0.1, -0.05) is 0 Å². The van der Waals surface area contributed by atoms with E-state index in [-0.39, 0.29) is 30.4 Å². The van der Waals surface area contributed by atoms with Crippen molar-refractivity contribution in [1.29, 1.82) is 0 Å². The summed E-state index contributed by atoms with van der Waals surface area (Å²) in [5.74, 6) is -0.790. The van der Waals surface area contributed by atoms with Crippen LogP contribution >= 0.6 is 24.8 Å². The highest BCUT2D eigenvalue weighted by atomic mass is 35.5. The Morgan fingerprint density at radius 2 is 1.73 bits per heavy atom. The molecule has 1 aliphatic rings. The molecule has 2 nitrogen and oxygen atoms in total. The zero-order valence-corrected chi connectivity index (χ0v) is 13.1. The number of halogens is 7. The fourth-order valence-electron chi connectivity index (χ4n) is 2.44. The van der Waals surface area contributed by atoms with Crippen molar-refractivity contribution < 1.29 is 22.0 Å². The van der Waals surface area contributed by atoms with E-state index in [0.717, 1.165) is 12.1 Å². The topological polar surface area (TPSA) is 15.3 Å². The standard InChI is InChI=1S/C13H15F5N2.2ClH/c14-8-12(20-5-3-19-4-6-20)10-7-9(15)1-2-11(10)13(16,17)18;;/h1-2,7,12,19H,3-6,8H2;2*1H/t12-;;/m1../s1. The minimum Gasteiger partial charge on any atom is -0.314 e. The number of alkyl halides is 4. The van der Waals surface area contributed by atoms with Crippen molar-refractivity contribution in [3.63, 3.8) is 0 Å². The highest BCUT2D eigenvalue weighted by Gasteiger charge is 2.37. The van der Waals surface area contributed by atoms with Crippen LogP contribution in [0.2, 0.25) is 0 Å². The van der Waals surface area contributed by atoms with Crippen LogP contribution < -0.4 is 5.32 Å². The monoisotopic (exact) mass is 366 g/mol. The number of hydrogen-bond acceptors (Lipinski definition) is 2. The third-order valence-electron chi connectivity index (χ3n) is 3.42. The quantitative estimate of drug-likeness (QED) is 0.822. The third-order valence-corrected chi connectivity index (χ3v) is 3.42. The van der Waals surface area contributed by atoms with Crippen molar-refractivity contribution >= 4 is 24.8 Å². The van der Waals surface area contributed by atoms with E-state index in [0.29, 0.717) is 32.2 Å². The molecule has 1 aromatic carbocycles. The number of benzene rings is 1.